The van der Waals surface area contributed by atoms with Gasteiger partial charge in [-0.15, -0.1) is 11.3 Å². The van der Waals surface area contributed by atoms with Crippen molar-refractivity contribution in [3.05, 3.63) is 40.5 Å². The third-order valence-electron chi connectivity index (χ3n) is 5.08. The zero-order valence-corrected chi connectivity index (χ0v) is 20.0. The maximum absolute atomic E-state index is 10.6. The van der Waals surface area contributed by atoms with E-state index in [0.717, 1.165) is 37.5 Å². The Balaban J connectivity index is 0.000000286. The van der Waals surface area contributed by atoms with Crippen molar-refractivity contribution in [1.82, 2.24) is 14.9 Å². The van der Waals surface area contributed by atoms with Crippen LogP contribution >= 0.6 is 11.3 Å². The Bertz CT molecular complexity index is 996. The number of aryl methyl sites for hydroxylation is 1. The SMILES string of the molecule is Cc1nc(CN2CCO[C@H]3[C@@H](Oc4ccccn4)CC[C@@H]32)cs1.O=C(O)C(F)(F)F.O=C(O)C(F)(F)F. The Labute approximate surface area is 210 Å². The topological polar surface area (TPSA) is 122 Å². The van der Waals surface area contributed by atoms with Gasteiger partial charge in [-0.25, -0.2) is 19.6 Å². The van der Waals surface area contributed by atoms with Gasteiger partial charge in [0.1, 0.15) is 12.2 Å². The smallest absolute Gasteiger partial charge is 0.475 e. The molecule has 4 rings (SSSR count). The molecular formula is C21H23F6N3O6S. The van der Waals surface area contributed by atoms with Crippen LogP contribution in [0.25, 0.3) is 0 Å². The molecule has 0 radical (unpaired) electrons. The number of hydrogen-bond acceptors (Lipinski definition) is 8. The number of fused-ring (bicyclic) bond motifs is 1. The van der Waals surface area contributed by atoms with Crippen LogP contribution in [0.2, 0.25) is 0 Å². The van der Waals surface area contributed by atoms with E-state index in [1.165, 1.54) is 5.69 Å². The quantitative estimate of drug-likeness (QED) is 0.537. The van der Waals surface area contributed by atoms with Gasteiger partial charge in [0.15, 0.2) is 0 Å². The second-order valence-electron chi connectivity index (χ2n) is 7.74. The van der Waals surface area contributed by atoms with Crippen LogP contribution < -0.4 is 4.74 Å². The van der Waals surface area contributed by atoms with E-state index >= 15 is 0 Å². The molecule has 2 fully saturated rings. The van der Waals surface area contributed by atoms with Crippen LogP contribution in [0.1, 0.15) is 23.5 Å². The van der Waals surface area contributed by atoms with Gasteiger partial charge in [0.25, 0.3) is 0 Å². The van der Waals surface area contributed by atoms with Gasteiger partial charge >= 0.3 is 24.3 Å². The van der Waals surface area contributed by atoms with Gasteiger partial charge in [0, 0.05) is 36.8 Å². The monoisotopic (exact) mass is 559 g/mol. The molecule has 16 heteroatoms. The average Bonchev–Trinajstić information content (AvgIpc) is 3.40. The van der Waals surface area contributed by atoms with Crippen molar-refractivity contribution in [3.63, 3.8) is 0 Å². The Hall–Kier alpha value is -2.98. The fourth-order valence-electron chi connectivity index (χ4n) is 3.58. The normalized spacial score (nSPS) is 21.5. The van der Waals surface area contributed by atoms with Crippen LogP contribution in [0.3, 0.4) is 0 Å². The molecule has 3 heterocycles. The Morgan fingerprint density at radius 3 is 2.24 bits per heavy atom. The summed E-state index contributed by atoms with van der Waals surface area (Å²) in [4.78, 5) is 29.2. The molecule has 2 N–H and O–H groups in total. The predicted molar refractivity (Wildman–Crippen MR) is 116 cm³/mol. The van der Waals surface area contributed by atoms with Gasteiger partial charge in [-0.2, -0.15) is 26.3 Å². The minimum Gasteiger partial charge on any atom is -0.475 e. The molecule has 0 spiro atoms. The number of carboxylic acid groups (broad SMARTS) is 2. The van der Waals surface area contributed by atoms with E-state index in [1.807, 2.05) is 18.2 Å². The number of aromatic nitrogens is 2. The molecule has 0 amide bonds. The first kappa shape index (κ1) is 30.2. The van der Waals surface area contributed by atoms with E-state index in [9.17, 15) is 26.3 Å². The summed E-state index contributed by atoms with van der Waals surface area (Å²) in [6.45, 7) is 4.69. The third kappa shape index (κ3) is 9.77. The van der Waals surface area contributed by atoms with Gasteiger partial charge < -0.3 is 19.7 Å². The highest BCUT2D eigenvalue weighted by atomic mass is 32.1. The van der Waals surface area contributed by atoms with Crippen LogP contribution in [0, 0.1) is 6.92 Å². The number of thiazole rings is 1. The maximum Gasteiger partial charge on any atom is 0.490 e. The van der Waals surface area contributed by atoms with Crippen LogP contribution in [-0.2, 0) is 20.9 Å². The molecule has 1 saturated heterocycles. The lowest BCUT2D eigenvalue weighted by atomic mass is 10.1. The van der Waals surface area contributed by atoms with Crippen molar-refractivity contribution in [2.75, 3.05) is 13.2 Å². The minimum absolute atomic E-state index is 0.0925. The summed E-state index contributed by atoms with van der Waals surface area (Å²) in [6.07, 6.45) is -6.06. The molecular weight excluding hydrogens is 536 g/mol. The number of carbonyl (C=O) groups is 2. The lowest BCUT2D eigenvalue weighted by Crippen LogP contribution is -2.51. The van der Waals surface area contributed by atoms with Crippen LogP contribution in [0.4, 0.5) is 26.3 Å². The van der Waals surface area contributed by atoms with Crippen molar-refractivity contribution < 1.29 is 55.6 Å². The number of nitrogens with zero attached hydrogens (tertiary/aromatic N) is 3. The highest BCUT2D eigenvalue weighted by Crippen LogP contribution is 2.33. The number of hydrogen-bond donors (Lipinski definition) is 2. The predicted octanol–water partition coefficient (Wildman–Crippen LogP) is 3.92. The molecule has 1 saturated carbocycles. The number of pyridine rings is 1. The van der Waals surface area contributed by atoms with E-state index in [1.54, 1.807) is 17.5 Å². The van der Waals surface area contributed by atoms with Crippen molar-refractivity contribution in [3.8, 4) is 5.88 Å². The van der Waals surface area contributed by atoms with E-state index in [-0.39, 0.29) is 12.2 Å². The number of carboxylic acids is 2. The van der Waals surface area contributed by atoms with Gasteiger partial charge in [0.2, 0.25) is 5.88 Å². The molecule has 0 aromatic carbocycles. The highest BCUT2D eigenvalue weighted by molar-refractivity contribution is 7.09. The van der Waals surface area contributed by atoms with E-state index < -0.39 is 24.3 Å². The van der Waals surface area contributed by atoms with Gasteiger partial charge in [-0.3, -0.25) is 4.90 Å². The highest BCUT2D eigenvalue weighted by Gasteiger charge is 2.44. The maximum atomic E-state index is 10.6. The summed E-state index contributed by atoms with van der Waals surface area (Å²) < 4.78 is 75.6. The summed E-state index contributed by atoms with van der Waals surface area (Å²) in [5.41, 5.74) is 1.17. The minimum atomic E-state index is -5.08. The molecule has 2 aromatic rings. The average molecular weight is 559 g/mol. The summed E-state index contributed by atoms with van der Waals surface area (Å²) >= 11 is 1.72. The standard InChI is InChI=1S/C17H21N3O2S.2C2HF3O2/c1-12-19-13(11-23-12)10-20-8-9-21-17-14(20)5-6-15(17)22-16-4-2-3-7-18-16;2*3-2(4,5)1(6)7/h2-4,7,11,14-15,17H,5-6,8-10H2,1H3;2*(H,6,7)/t14-,15-,17+;;/m0../s1. The van der Waals surface area contributed by atoms with E-state index in [4.69, 9.17) is 29.3 Å². The second-order valence-corrected chi connectivity index (χ2v) is 8.80. The summed E-state index contributed by atoms with van der Waals surface area (Å²) in [5.74, 6) is -4.83. The molecule has 37 heavy (non-hydrogen) atoms. The lowest BCUT2D eigenvalue weighted by molar-refractivity contribution is -0.193. The number of morpholine rings is 1. The van der Waals surface area contributed by atoms with E-state index in [0.29, 0.717) is 11.9 Å². The number of alkyl halides is 6. The van der Waals surface area contributed by atoms with Gasteiger partial charge in [-0.1, -0.05) is 6.07 Å². The number of ether oxygens (including phenoxy) is 2. The first-order valence-electron chi connectivity index (χ1n) is 10.6. The van der Waals surface area contributed by atoms with E-state index in [2.05, 4.69) is 27.2 Å². The molecule has 0 unspecified atom stereocenters. The number of aliphatic carboxylic acids is 2. The van der Waals surface area contributed by atoms with Crippen LogP contribution in [0.5, 0.6) is 5.88 Å². The van der Waals surface area contributed by atoms with Crippen LogP contribution in [0.15, 0.2) is 29.8 Å². The Morgan fingerprint density at radius 2 is 1.76 bits per heavy atom. The number of rotatable bonds is 4. The molecule has 0 bridgehead atoms. The molecule has 1 aliphatic carbocycles. The van der Waals surface area contributed by atoms with Gasteiger partial charge in [-0.05, 0) is 25.8 Å². The number of halogens is 6. The lowest BCUT2D eigenvalue weighted by Gasteiger charge is -2.38. The Kier molecular flexibility index (Phi) is 10.6. The summed E-state index contributed by atoms with van der Waals surface area (Å²) in [7, 11) is 0. The molecule has 1 aliphatic heterocycles. The second kappa shape index (κ2) is 13.0. The molecule has 3 atom stereocenters. The molecule has 9 nitrogen and oxygen atoms in total. The van der Waals surface area contributed by atoms with Crippen molar-refractivity contribution in [1.29, 1.82) is 0 Å². The van der Waals surface area contributed by atoms with Crippen molar-refractivity contribution >= 4 is 23.3 Å². The van der Waals surface area contributed by atoms with Crippen molar-refractivity contribution in [2.24, 2.45) is 0 Å². The Morgan fingerprint density at radius 1 is 1.14 bits per heavy atom. The molecule has 2 aromatic heterocycles. The molecule has 2 aliphatic rings. The summed E-state index contributed by atoms with van der Waals surface area (Å²) in [5, 5.41) is 17.5. The largest absolute Gasteiger partial charge is 0.490 e. The zero-order chi connectivity index (χ0) is 27.8. The van der Waals surface area contributed by atoms with Gasteiger partial charge in [0.05, 0.1) is 17.3 Å². The summed E-state index contributed by atoms with van der Waals surface area (Å²) in [6, 6.07) is 6.18. The first-order valence-corrected chi connectivity index (χ1v) is 11.5. The molecule has 206 valence electrons. The zero-order valence-electron chi connectivity index (χ0n) is 19.2. The fraction of sp³-hybridized carbons (Fsp3) is 0.524. The first-order chi connectivity index (χ1) is 17.2. The fourth-order valence-corrected chi connectivity index (χ4v) is 4.18. The van der Waals surface area contributed by atoms with Crippen LogP contribution in [-0.4, -0.2) is 80.8 Å². The van der Waals surface area contributed by atoms with Crippen molar-refractivity contribution in [2.45, 2.75) is 56.9 Å². The third-order valence-corrected chi connectivity index (χ3v) is 5.90.